The highest BCUT2D eigenvalue weighted by Gasteiger charge is 2.21. The number of benzene rings is 4. The first kappa shape index (κ1) is 20.7. The average Bonchev–Trinajstić information content (AvgIpc) is 2.92. The van der Waals surface area contributed by atoms with Gasteiger partial charge in [0.05, 0.1) is 0 Å². The lowest BCUT2D eigenvalue weighted by Crippen LogP contribution is -2.07. The molecule has 4 aromatic carbocycles. The van der Waals surface area contributed by atoms with E-state index in [2.05, 4.69) is 127 Å². The smallest absolute Gasteiger partial charge is 0.00652 e. The summed E-state index contributed by atoms with van der Waals surface area (Å²) in [6.07, 6.45) is 17.5. The van der Waals surface area contributed by atoms with Gasteiger partial charge in [-0.3, -0.25) is 0 Å². The molecule has 0 saturated heterocycles. The Morgan fingerprint density at radius 3 is 2.18 bits per heavy atom. The second-order valence-corrected chi connectivity index (χ2v) is 9.22. The highest BCUT2D eigenvalue weighted by Crippen LogP contribution is 2.39. The van der Waals surface area contributed by atoms with E-state index in [9.17, 15) is 0 Å². The zero-order chi connectivity index (χ0) is 22.7. The van der Waals surface area contributed by atoms with Gasteiger partial charge in [-0.15, -0.1) is 0 Å². The van der Waals surface area contributed by atoms with E-state index in [-0.39, 0.29) is 0 Å². The predicted octanol–water partition coefficient (Wildman–Crippen LogP) is 8.90. The first-order chi connectivity index (χ1) is 16.9. The zero-order valence-electron chi connectivity index (χ0n) is 19.3. The molecule has 0 heteroatoms. The molecule has 0 amide bonds. The first-order valence-electron chi connectivity index (χ1n) is 12.3. The third-order valence-corrected chi connectivity index (χ3v) is 7.07. The van der Waals surface area contributed by atoms with Gasteiger partial charge >= 0.3 is 0 Å². The topological polar surface area (TPSA) is 0 Å². The summed E-state index contributed by atoms with van der Waals surface area (Å²) < 4.78 is 0. The second-order valence-electron chi connectivity index (χ2n) is 9.22. The van der Waals surface area contributed by atoms with Crippen LogP contribution in [-0.2, 0) is 6.42 Å². The van der Waals surface area contributed by atoms with Gasteiger partial charge in [0.15, 0.2) is 0 Å². The lowest BCUT2D eigenvalue weighted by molar-refractivity contribution is 0.827. The highest BCUT2D eigenvalue weighted by molar-refractivity contribution is 5.91. The Kier molecular flexibility index (Phi) is 5.57. The van der Waals surface area contributed by atoms with Crippen molar-refractivity contribution in [3.63, 3.8) is 0 Å². The van der Waals surface area contributed by atoms with E-state index < -0.39 is 0 Å². The number of rotatable bonds is 4. The SMILES string of the molecule is C1=Cc2cc3ccccc3c(C3C=CC(C=C(c4ccccc4)c4ccccc4)=CC3)c2CC1. The molecule has 0 aromatic heterocycles. The molecule has 0 saturated carbocycles. The molecule has 2 aliphatic carbocycles. The summed E-state index contributed by atoms with van der Waals surface area (Å²) in [5, 5.41) is 2.76. The monoisotopic (exact) mass is 436 g/mol. The van der Waals surface area contributed by atoms with Crippen molar-refractivity contribution >= 4 is 22.4 Å². The Bertz CT molecular complexity index is 1400. The van der Waals surface area contributed by atoms with Crippen LogP contribution in [0.1, 0.15) is 46.6 Å². The van der Waals surface area contributed by atoms with Crippen molar-refractivity contribution in [2.45, 2.75) is 25.2 Å². The molecule has 34 heavy (non-hydrogen) atoms. The molecule has 0 nitrogen and oxygen atoms in total. The normalized spacial score (nSPS) is 16.7. The Morgan fingerprint density at radius 2 is 1.47 bits per heavy atom. The van der Waals surface area contributed by atoms with Gasteiger partial charge in [0.25, 0.3) is 0 Å². The summed E-state index contributed by atoms with van der Waals surface area (Å²) in [6.45, 7) is 0. The summed E-state index contributed by atoms with van der Waals surface area (Å²) in [6, 6.07) is 32.7. The maximum atomic E-state index is 2.43. The maximum absolute atomic E-state index is 2.43. The van der Waals surface area contributed by atoms with Gasteiger partial charge in [-0.05, 0) is 81.1 Å². The highest BCUT2D eigenvalue weighted by atomic mass is 14.2. The van der Waals surface area contributed by atoms with Crippen molar-refractivity contribution in [1.29, 1.82) is 0 Å². The van der Waals surface area contributed by atoms with Crippen LogP contribution in [0, 0.1) is 0 Å². The van der Waals surface area contributed by atoms with Crippen LogP contribution in [0.25, 0.3) is 22.4 Å². The van der Waals surface area contributed by atoms with E-state index in [0.717, 1.165) is 19.3 Å². The van der Waals surface area contributed by atoms with Crippen LogP contribution in [0.3, 0.4) is 0 Å². The van der Waals surface area contributed by atoms with Gasteiger partial charge in [-0.2, -0.15) is 0 Å². The van der Waals surface area contributed by atoms with Gasteiger partial charge in [0.1, 0.15) is 0 Å². The summed E-state index contributed by atoms with van der Waals surface area (Å²) in [5.41, 5.74) is 9.52. The van der Waals surface area contributed by atoms with Crippen molar-refractivity contribution in [3.05, 3.63) is 155 Å². The molecule has 0 fully saturated rings. The molecular formula is C34H28. The van der Waals surface area contributed by atoms with Crippen LogP contribution in [-0.4, -0.2) is 0 Å². The van der Waals surface area contributed by atoms with Crippen LogP contribution < -0.4 is 0 Å². The van der Waals surface area contributed by atoms with Gasteiger partial charge in [0.2, 0.25) is 0 Å². The van der Waals surface area contributed by atoms with Crippen molar-refractivity contribution in [1.82, 2.24) is 0 Å². The molecule has 0 radical (unpaired) electrons. The quantitative estimate of drug-likeness (QED) is 0.299. The fourth-order valence-corrected chi connectivity index (χ4v) is 5.42. The number of allylic oxidation sites excluding steroid dienone is 6. The minimum absolute atomic E-state index is 0.417. The first-order valence-corrected chi connectivity index (χ1v) is 12.3. The third-order valence-electron chi connectivity index (χ3n) is 7.07. The summed E-state index contributed by atoms with van der Waals surface area (Å²) in [5.74, 6) is 0.417. The third kappa shape index (κ3) is 3.97. The minimum Gasteiger partial charge on any atom is -0.0836 e. The predicted molar refractivity (Wildman–Crippen MR) is 146 cm³/mol. The molecule has 4 aromatic rings. The largest absolute Gasteiger partial charge is 0.0836 e. The average molecular weight is 437 g/mol. The molecule has 0 bridgehead atoms. The molecule has 2 aliphatic rings. The molecule has 0 N–H and O–H groups in total. The lowest BCUT2D eigenvalue weighted by atomic mass is 9.79. The molecule has 0 heterocycles. The van der Waals surface area contributed by atoms with E-state index in [0.29, 0.717) is 5.92 Å². The van der Waals surface area contributed by atoms with Crippen LogP contribution in [0.4, 0.5) is 0 Å². The van der Waals surface area contributed by atoms with Gasteiger partial charge in [-0.1, -0.05) is 115 Å². The Morgan fingerprint density at radius 1 is 0.765 bits per heavy atom. The van der Waals surface area contributed by atoms with Crippen molar-refractivity contribution in [3.8, 4) is 0 Å². The van der Waals surface area contributed by atoms with Crippen LogP contribution in [0.2, 0.25) is 0 Å². The van der Waals surface area contributed by atoms with Crippen LogP contribution in [0.15, 0.2) is 127 Å². The van der Waals surface area contributed by atoms with Gasteiger partial charge in [-0.25, -0.2) is 0 Å². The molecule has 164 valence electrons. The van der Waals surface area contributed by atoms with E-state index >= 15 is 0 Å². The fourth-order valence-electron chi connectivity index (χ4n) is 5.42. The Labute approximate surface area is 202 Å². The fraction of sp³-hybridized carbons (Fsp3) is 0.118. The Balaban J connectivity index is 1.38. The number of hydrogen-bond donors (Lipinski definition) is 0. The van der Waals surface area contributed by atoms with E-state index in [1.54, 1.807) is 0 Å². The number of fused-ring (bicyclic) bond motifs is 2. The standard InChI is InChI=1S/C34H28/c1-3-11-26(12-4-1)33(27-13-5-2-6-14-27)23-25-19-21-28(22-20-25)34-31-17-9-7-15-29(31)24-30-16-8-10-18-32(30)34/h1-9,11-17,19-21,23-24,28H,10,18,22H2. The van der Waals surface area contributed by atoms with Crippen molar-refractivity contribution < 1.29 is 0 Å². The molecular weight excluding hydrogens is 408 g/mol. The van der Waals surface area contributed by atoms with Crippen molar-refractivity contribution in [2.24, 2.45) is 0 Å². The summed E-state index contributed by atoms with van der Waals surface area (Å²) in [4.78, 5) is 0. The van der Waals surface area contributed by atoms with Gasteiger partial charge in [0, 0.05) is 5.92 Å². The van der Waals surface area contributed by atoms with E-state index in [1.807, 2.05) is 0 Å². The summed E-state index contributed by atoms with van der Waals surface area (Å²) in [7, 11) is 0. The molecule has 0 aliphatic heterocycles. The van der Waals surface area contributed by atoms with Crippen molar-refractivity contribution in [2.75, 3.05) is 0 Å². The molecule has 1 unspecified atom stereocenters. The molecule has 6 rings (SSSR count). The van der Waals surface area contributed by atoms with E-state index in [1.165, 1.54) is 49.7 Å². The van der Waals surface area contributed by atoms with Crippen LogP contribution >= 0.6 is 0 Å². The minimum atomic E-state index is 0.417. The van der Waals surface area contributed by atoms with E-state index in [4.69, 9.17) is 0 Å². The molecule has 0 spiro atoms. The number of hydrogen-bond acceptors (Lipinski definition) is 0. The van der Waals surface area contributed by atoms with Gasteiger partial charge < -0.3 is 0 Å². The molecule has 1 atom stereocenters. The van der Waals surface area contributed by atoms with Crippen LogP contribution in [0.5, 0.6) is 0 Å². The Hall–Kier alpha value is -3.90. The summed E-state index contributed by atoms with van der Waals surface area (Å²) >= 11 is 0. The second kappa shape index (κ2) is 9.15. The maximum Gasteiger partial charge on any atom is 0.00652 e. The lowest BCUT2D eigenvalue weighted by Gasteiger charge is -2.25. The zero-order valence-corrected chi connectivity index (χ0v) is 19.3.